The van der Waals surface area contributed by atoms with E-state index in [9.17, 15) is 4.39 Å². The number of ether oxygens (including phenoxy) is 1. The van der Waals surface area contributed by atoms with Gasteiger partial charge in [0.25, 0.3) is 0 Å². The molecule has 0 spiro atoms. The number of methoxy groups -OCH3 is 1. The molecule has 1 aliphatic rings. The number of aromatic nitrogens is 1. The largest absolute Gasteiger partial charge is 0.494 e. The summed E-state index contributed by atoms with van der Waals surface area (Å²) in [5, 5.41) is 0.617. The first-order valence-electron chi connectivity index (χ1n) is 5.62. The molecule has 0 amide bonds. The van der Waals surface area contributed by atoms with Gasteiger partial charge in [-0.2, -0.15) is 0 Å². The van der Waals surface area contributed by atoms with Crippen LogP contribution in [0.25, 0.3) is 10.9 Å². The van der Waals surface area contributed by atoms with Crippen molar-refractivity contribution in [3.63, 3.8) is 0 Å². The lowest BCUT2D eigenvalue weighted by Gasteiger charge is -2.09. The maximum atomic E-state index is 13.4. The molecule has 2 N–H and O–H groups in total. The highest BCUT2D eigenvalue weighted by molar-refractivity contribution is 5.94. The van der Waals surface area contributed by atoms with Crippen molar-refractivity contribution >= 4 is 16.6 Å². The Morgan fingerprint density at radius 1 is 1.35 bits per heavy atom. The van der Waals surface area contributed by atoms with Crippen LogP contribution in [-0.2, 0) is 0 Å². The number of pyridine rings is 1. The molecule has 2 aromatic rings. The highest BCUT2D eigenvalue weighted by atomic mass is 19.1. The van der Waals surface area contributed by atoms with E-state index in [1.807, 2.05) is 6.07 Å². The first kappa shape index (κ1) is 10.3. The second-order valence-corrected chi connectivity index (χ2v) is 4.41. The molecule has 3 rings (SSSR count). The van der Waals surface area contributed by atoms with Gasteiger partial charge in [0.15, 0.2) is 0 Å². The lowest BCUT2D eigenvalue weighted by Crippen LogP contribution is -1.97. The fourth-order valence-electron chi connectivity index (χ4n) is 2.05. The number of anilines is 1. The van der Waals surface area contributed by atoms with Gasteiger partial charge in [0, 0.05) is 28.8 Å². The molecule has 1 heterocycles. The summed E-state index contributed by atoms with van der Waals surface area (Å²) in [7, 11) is 1.51. The van der Waals surface area contributed by atoms with E-state index in [1.165, 1.54) is 19.2 Å². The van der Waals surface area contributed by atoms with Crippen LogP contribution in [0, 0.1) is 5.82 Å². The molecule has 0 unspecified atom stereocenters. The third-order valence-corrected chi connectivity index (χ3v) is 3.11. The van der Waals surface area contributed by atoms with E-state index in [4.69, 9.17) is 10.5 Å². The van der Waals surface area contributed by atoms with Crippen LogP contribution in [0.1, 0.15) is 24.5 Å². The van der Waals surface area contributed by atoms with Crippen molar-refractivity contribution < 1.29 is 9.13 Å². The minimum Gasteiger partial charge on any atom is -0.494 e. The number of hydrogen-bond acceptors (Lipinski definition) is 3. The first-order valence-corrected chi connectivity index (χ1v) is 5.62. The molecule has 1 aromatic heterocycles. The number of benzene rings is 1. The summed E-state index contributed by atoms with van der Waals surface area (Å²) in [5.41, 5.74) is 8.15. The van der Waals surface area contributed by atoms with E-state index < -0.39 is 0 Å². The normalized spacial score (nSPS) is 15.2. The highest BCUT2D eigenvalue weighted by Crippen LogP contribution is 2.41. The zero-order valence-corrected chi connectivity index (χ0v) is 9.53. The van der Waals surface area contributed by atoms with Gasteiger partial charge in [-0.25, -0.2) is 9.37 Å². The summed E-state index contributed by atoms with van der Waals surface area (Å²) in [6.45, 7) is 0. The smallest absolute Gasteiger partial charge is 0.148 e. The molecule has 88 valence electrons. The number of nitrogens with zero attached hydrogens (tertiary/aromatic N) is 1. The van der Waals surface area contributed by atoms with Crippen molar-refractivity contribution in [2.45, 2.75) is 18.8 Å². The summed E-state index contributed by atoms with van der Waals surface area (Å²) >= 11 is 0. The Balaban J connectivity index is 2.31. The molecule has 4 heteroatoms. The average Bonchev–Trinajstić information content (AvgIpc) is 3.12. The van der Waals surface area contributed by atoms with Crippen molar-refractivity contribution in [3.8, 4) is 5.75 Å². The summed E-state index contributed by atoms with van der Waals surface area (Å²) in [5.74, 6) is 0.590. The van der Waals surface area contributed by atoms with Crippen LogP contribution in [0.3, 0.4) is 0 Å². The molecule has 17 heavy (non-hydrogen) atoms. The predicted octanol–water partition coefficient (Wildman–Crippen LogP) is 2.84. The minimum atomic E-state index is -0.359. The maximum Gasteiger partial charge on any atom is 0.148 e. The van der Waals surface area contributed by atoms with Crippen LogP contribution in [0.15, 0.2) is 18.2 Å². The van der Waals surface area contributed by atoms with Crippen LogP contribution >= 0.6 is 0 Å². The molecule has 0 aliphatic heterocycles. The number of hydrogen-bond donors (Lipinski definition) is 1. The van der Waals surface area contributed by atoms with Crippen molar-refractivity contribution in [1.82, 2.24) is 4.98 Å². The fraction of sp³-hybridized carbons (Fsp3) is 0.308. The topological polar surface area (TPSA) is 48.1 Å². The van der Waals surface area contributed by atoms with Crippen LogP contribution in [0.2, 0.25) is 0 Å². The second-order valence-electron chi connectivity index (χ2n) is 4.41. The average molecular weight is 232 g/mol. The quantitative estimate of drug-likeness (QED) is 0.866. The Kier molecular flexibility index (Phi) is 2.18. The Morgan fingerprint density at radius 3 is 2.76 bits per heavy atom. The third-order valence-electron chi connectivity index (χ3n) is 3.11. The van der Waals surface area contributed by atoms with Crippen LogP contribution in [0.4, 0.5) is 10.1 Å². The van der Waals surface area contributed by atoms with Crippen LogP contribution in [-0.4, -0.2) is 12.1 Å². The van der Waals surface area contributed by atoms with Crippen LogP contribution < -0.4 is 10.5 Å². The van der Waals surface area contributed by atoms with Crippen molar-refractivity contribution in [3.05, 3.63) is 29.7 Å². The molecule has 1 aliphatic carbocycles. The van der Waals surface area contributed by atoms with Crippen LogP contribution in [0.5, 0.6) is 5.75 Å². The maximum absolute atomic E-state index is 13.4. The second kappa shape index (κ2) is 3.58. The van der Waals surface area contributed by atoms with Gasteiger partial charge >= 0.3 is 0 Å². The number of fused-ring (bicyclic) bond motifs is 1. The van der Waals surface area contributed by atoms with Gasteiger partial charge in [0.1, 0.15) is 17.1 Å². The minimum absolute atomic E-state index is 0.359. The molecular formula is C13H13FN2O. The summed E-state index contributed by atoms with van der Waals surface area (Å²) in [4.78, 5) is 4.54. The van der Waals surface area contributed by atoms with E-state index in [-0.39, 0.29) is 5.82 Å². The first-order chi connectivity index (χ1) is 8.19. The summed E-state index contributed by atoms with van der Waals surface area (Å²) < 4.78 is 18.5. The van der Waals surface area contributed by atoms with E-state index in [2.05, 4.69) is 4.98 Å². The van der Waals surface area contributed by atoms with E-state index in [0.717, 1.165) is 18.5 Å². The lowest BCUT2D eigenvalue weighted by molar-refractivity contribution is 0.415. The Morgan fingerprint density at radius 2 is 2.12 bits per heavy atom. The standard InChI is InChI=1S/C13H13FN2O/c1-17-12-5-8(14)4-9-10(15)6-11(7-2-3-7)16-13(9)12/h4-7H,2-3H2,1H3,(H2,15,16). The number of nitrogen functional groups attached to an aromatic ring is 1. The molecule has 3 nitrogen and oxygen atoms in total. The molecule has 0 saturated heterocycles. The molecule has 0 bridgehead atoms. The van der Waals surface area contributed by atoms with E-state index in [1.54, 1.807) is 0 Å². The molecule has 1 fully saturated rings. The lowest BCUT2D eigenvalue weighted by atomic mass is 10.1. The molecule has 0 atom stereocenters. The van der Waals surface area contributed by atoms with Gasteiger partial charge in [0.2, 0.25) is 0 Å². The Labute approximate surface area is 98.4 Å². The van der Waals surface area contributed by atoms with Gasteiger partial charge < -0.3 is 10.5 Å². The summed E-state index contributed by atoms with van der Waals surface area (Å²) in [6, 6.07) is 4.58. The SMILES string of the molecule is COc1cc(F)cc2c(N)cc(C3CC3)nc12. The van der Waals surface area contributed by atoms with Gasteiger partial charge in [-0.15, -0.1) is 0 Å². The van der Waals surface area contributed by atoms with Crippen molar-refractivity contribution in [2.24, 2.45) is 0 Å². The zero-order valence-electron chi connectivity index (χ0n) is 9.53. The molecule has 1 saturated carbocycles. The number of halogens is 1. The number of nitrogens with two attached hydrogens (primary N) is 1. The van der Waals surface area contributed by atoms with E-state index in [0.29, 0.717) is 28.3 Å². The van der Waals surface area contributed by atoms with Gasteiger partial charge in [-0.1, -0.05) is 0 Å². The Bertz CT molecular complexity index is 593. The van der Waals surface area contributed by atoms with Gasteiger partial charge in [-0.05, 0) is 25.0 Å². The molecular weight excluding hydrogens is 219 g/mol. The van der Waals surface area contributed by atoms with Crippen molar-refractivity contribution in [2.75, 3.05) is 12.8 Å². The van der Waals surface area contributed by atoms with Gasteiger partial charge in [-0.3, -0.25) is 0 Å². The fourth-order valence-corrected chi connectivity index (χ4v) is 2.05. The van der Waals surface area contributed by atoms with Gasteiger partial charge in [0.05, 0.1) is 7.11 Å². The molecule has 0 radical (unpaired) electrons. The monoisotopic (exact) mass is 232 g/mol. The van der Waals surface area contributed by atoms with Crippen molar-refractivity contribution in [1.29, 1.82) is 0 Å². The Hall–Kier alpha value is -1.84. The summed E-state index contributed by atoms with van der Waals surface area (Å²) in [6.07, 6.45) is 2.31. The zero-order chi connectivity index (χ0) is 12.0. The highest BCUT2D eigenvalue weighted by Gasteiger charge is 2.26. The molecule has 1 aromatic carbocycles. The predicted molar refractivity (Wildman–Crippen MR) is 64.6 cm³/mol. The number of rotatable bonds is 2. The third kappa shape index (κ3) is 1.69. The van der Waals surface area contributed by atoms with E-state index >= 15 is 0 Å².